The lowest BCUT2D eigenvalue weighted by atomic mass is 9.86. The zero-order valence-corrected chi connectivity index (χ0v) is 20.7. The van der Waals surface area contributed by atoms with Gasteiger partial charge in [-0.15, -0.1) is 0 Å². The normalized spacial score (nSPS) is 20.9. The van der Waals surface area contributed by atoms with Crippen LogP contribution in [0.1, 0.15) is 48.4 Å². The molecule has 0 spiro atoms. The van der Waals surface area contributed by atoms with E-state index in [1.54, 1.807) is 13.0 Å². The summed E-state index contributed by atoms with van der Waals surface area (Å²) in [4.78, 5) is 30.5. The first-order valence-electron chi connectivity index (χ1n) is 12.2. The molecule has 0 saturated heterocycles. The van der Waals surface area contributed by atoms with Crippen molar-refractivity contribution in [2.24, 2.45) is 5.92 Å². The van der Waals surface area contributed by atoms with Crippen molar-refractivity contribution >= 4 is 28.4 Å². The molecule has 0 bridgehead atoms. The van der Waals surface area contributed by atoms with Crippen LogP contribution in [0.4, 0.5) is 8.78 Å². The first-order valence-corrected chi connectivity index (χ1v) is 12.5. The average molecular weight is 532 g/mol. The summed E-state index contributed by atoms with van der Waals surface area (Å²) in [5, 5.41) is 23.2. The Bertz CT molecular complexity index is 1550. The molecule has 3 aliphatic rings. The largest absolute Gasteiger partial charge is 0.383 e. The van der Waals surface area contributed by atoms with E-state index in [1.165, 1.54) is 4.57 Å². The van der Waals surface area contributed by atoms with Crippen LogP contribution < -0.4 is 10.9 Å². The third-order valence-electron chi connectivity index (χ3n) is 7.73. The number of aliphatic hydroxyl groups excluding tert-OH is 1. The SMILES string of the molecule is CC[C@@]1(O)COCc2c1cc1n(c2=O)Cc2c-1nc1cc(F)c(Cl)c(F)c1c2CNC(=O)[C@@H](O)C1CC1. The maximum absolute atomic E-state index is 15.3. The minimum Gasteiger partial charge on any atom is -0.383 e. The number of fused-ring (bicyclic) bond motifs is 5. The van der Waals surface area contributed by atoms with Crippen molar-refractivity contribution in [1.29, 1.82) is 0 Å². The predicted octanol–water partition coefficient (Wildman–Crippen LogP) is 2.87. The molecular weight excluding hydrogens is 508 g/mol. The lowest BCUT2D eigenvalue weighted by Crippen LogP contribution is -2.40. The van der Waals surface area contributed by atoms with E-state index in [4.69, 9.17) is 16.3 Å². The highest BCUT2D eigenvalue weighted by molar-refractivity contribution is 6.31. The van der Waals surface area contributed by atoms with Gasteiger partial charge in [-0.05, 0) is 42.4 Å². The van der Waals surface area contributed by atoms with E-state index in [9.17, 15) is 24.2 Å². The number of aliphatic hydroxyl groups is 2. The Labute approximate surface area is 214 Å². The van der Waals surface area contributed by atoms with Crippen LogP contribution in [0.2, 0.25) is 5.02 Å². The van der Waals surface area contributed by atoms with E-state index >= 15 is 4.39 Å². The number of benzene rings is 1. The molecule has 37 heavy (non-hydrogen) atoms. The Hall–Kier alpha value is -2.92. The molecule has 0 unspecified atom stereocenters. The molecule has 194 valence electrons. The second-order valence-electron chi connectivity index (χ2n) is 9.99. The third-order valence-corrected chi connectivity index (χ3v) is 8.08. The molecule has 1 fully saturated rings. The number of nitrogens with one attached hydrogen (secondary N) is 1. The number of carbonyl (C=O) groups excluding carboxylic acids is 1. The van der Waals surface area contributed by atoms with E-state index in [1.807, 2.05) is 0 Å². The van der Waals surface area contributed by atoms with Gasteiger partial charge in [-0.25, -0.2) is 13.8 Å². The lowest BCUT2D eigenvalue weighted by molar-refractivity contribution is -0.130. The molecule has 6 rings (SSSR count). The Morgan fingerprint density at radius 2 is 2.11 bits per heavy atom. The first kappa shape index (κ1) is 24.4. The number of hydrogen-bond acceptors (Lipinski definition) is 6. The number of ether oxygens (including phenoxy) is 1. The maximum atomic E-state index is 15.3. The molecule has 8 nitrogen and oxygen atoms in total. The van der Waals surface area contributed by atoms with Gasteiger partial charge in [0, 0.05) is 29.1 Å². The van der Waals surface area contributed by atoms with Crippen molar-refractivity contribution in [3.63, 3.8) is 0 Å². The van der Waals surface area contributed by atoms with Crippen molar-refractivity contribution in [3.8, 4) is 11.4 Å². The molecule has 3 aromatic rings. The van der Waals surface area contributed by atoms with Crippen LogP contribution in [-0.4, -0.2) is 38.4 Å². The van der Waals surface area contributed by atoms with E-state index in [2.05, 4.69) is 10.3 Å². The van der Waals surface area contributed by atoms with E-state index in [0.717, 1.165) is 18.9 Å². The zero-order valence-electron chi connectivity index (χ0n) is 19.9. The van der Waals surface area contributed by atoms with E-state index in [-0.39, 0.29) is 48.7 Å². The molecule has 11 heteroatoms. The lowest BCUT2D eigenvalue weighted by Gasteiger charge is -2.33. The summed E-state index contributed by atoms with van der Waals surface area (Å²) in [5.74, 6) is -2.70. The fourth-order valence-corrected chi connectivity index (χ4v) is 5.52. The van der Waals surface area contributed by atoms with E-state index in [0.29, 0.717) is 40.1 Å². The number of rotatable bonds is 5. The topological polar surface area (TPSA) is 114 Å². The van der Waals surface area contributed by atoms with Crippen LogP contribution in [0.15, 0.2) is 16.9 Å². The Morgan fingerprint density at radius 1 is 1.35 bits per heavy atom. The van der Waals surface area contributed by atoms with Crippen LogP contribution in [-0.2, 0) is 34.8 Å². The summed E-state index contributed by atoms with van der Waals surface area (Å²) in [6.45, 7) is 1.70. The smallest absolute Gasteiger partial charge is 0.257 e. The second kappa shape index (κ2) is 8.56. The third kappa shape index (κ3) is 3.69. The molecule has 4 heterocycles. The zero-order chi connectivity index (χ0) is 26.2. The highest BCUT2D eigenvalue weighted by Crippen LogP contribution is 2.41. The molecule has 1 saturated carbocycles. The number of carbonyl (C=O) groups is 1. The van der Waals surface area contributed by atoms with E-state index < -0.39 is 34.3 Å². The summed E-state index contributed by atoms with van der Waals surface area (Å²) in [5.41, 5.74) is 0.504. The van der Waals surface area contributed by atoms with Gasteiger partial charge in [0.25, 0.3) is 5.56 Å². The predicted molar refractivity (Wildman–Crippen MR) is 130 cm³/mol. The quantitative estimate of drug-likeness (QED) is 0.341. The Balaban J connectivity index is 1.55. The van der Waals surface area contributed by atoms with Gasteiger partial charge in [-0.2, -0.15) is 0 Å². The minimum atomic E-state index is -1.36. The van der Waals surface area contributed by atoms with Crippen molar-refractivity contribution < 1.29 is 28.5 Å². The molecule has 1 aromatic carbocycles. The van der Waals surface area contributed by atoms with Crippen molar-refractivity contribution in [2.45, 2.75) is 57.6 Å². The molecule has 0 radical (unpaired) electrons. The van der Waals surface area contributed by atoms with Crippen molar-refractivity contribution in [1.82, 2.24) is 14.9 Å². The summed E-state index contributed by atoms with van der Waals surface area (Å²) < 4.78 is 36.7. The molecule has 2 atom stereocenters. The molecule has 2 aromatic heterocycles. The Morgan fingerprint density at radius 3 is 2.81 bits per heavy atom. The number of aromatic nitrogens is 2. The standard InChI is InChI=1S/C26H24ClF2N3O5/c1-2-26(36)10-37-9-14-15(26)5-18-22-13(8-32(18)25(14)35)12(7-30-24(34)23(33)11-3-4-11)19-17(31-22)6-16(28)20(27)21(19)29/h5-6,11,23,33,36H,2-4,7-10H2,1H3,(H,30,34)/t23-,26+/m0/s1. The van der Waals surface area contributed by atoms with Crippen molar-refractivity contribution in [2.75, 3.05) is 6.61 Å². The number of pyridine rings is 2. The van der Waals surface area contributed by atoms with Gasteiger partial charge in [0.05, 0.1) is 36.7 Å². The average Bonchev–Trinajstić information content (AvgIpc) is 3.67. The minimum absolute atomic E-state index is 0.0229. The molecule has 2 aliphatic heterocycles. The van der Waals surface area contributed by atoms with Crippen LogP contribution in [0.5, 0.6) is 0 Å². The van der Waals surface area contributed by atoms with Gasteiger partial charge >= 0.3 is 0 Å². The summed E-state index contributed by atoms with van der Waals surface area (Å²) in [6.07, 6.45) is 0.645. The Kier molecular flexibility index (Phi) is 5.65. The number of nitrogens with zero attached hydrogens (tertiary/aromatic N) is 2. The van der Waals surface area contributed by atoms with Crippen LogP contribution in [0.25, 0.3) is 22.3 Å². The first-order chi connectivity index (χ1) is 17.6. The molecular formula is C26H24ClF2N3O5. The highest BCUT2D eigenvalue weighted by Gasteiger charge is 2.39. The second-order valence-corrected chi connectivity index (χ2v) is 10.4. The van der Waals surface area contributed by atoms with Gasteiger partial charge in [0.1, 0.15) is 22.5 Å². The number of hydrogen-bond donors (Lipinski definition) is 3. The van der Waals surface area contributed by atoms with Gasteiger partial charge in [0.15, 0.2) is 5.82 Å². The van der Waals surface area contributed by atoms with Crippen LogP contribution >= 0.6 is 11.6 Å². The summed E-state index contributed by atoms with van der Waals surface area (Å²) >= 11 is 5.89. The number of amides is 1. The van der Waals surface area contributed by atoms with Gasteiger partial charge in [-0.1, -0.05) is 18.5 Å². The van der Waals surface area contributed by atoms with Crippen molar-refractivity contribution in [3.05, 3.63) is 61.4 Å². The monoisotopic (exact) mass is 531 g/mol. The van der Waals surface area contributed by atoms with Gasteiger partial charge < -0.3 is 24.8 Å². The fraction of sp³-hybridized carbons (Fsp3) is 0.423. The van der Waals surface area contributed by atoms with Gasteiger partial charge in [0.2, 0.25) is 5.91 Å². The maximum Gasteiger partial charge on any atom is 0.257 e. The summed E-state index contributed by atoms with van der Waals surface area (Å²) in [7, 11) is 0. The van der Waals surface area contributed by atoms with Gasteiger partial charge in [-0.3, -0.25) is 9.59 Å². The van der Waals surface area contributed by atoms with Crippen LogP contribution in [0.3, 0.4) is 0 Å². The number of halogens is 3. The van der Waals surface area contributed by atoms with Crippen LogP contribution in [0, 0.1) is 17.6 Å². The highest BCUT2D eigenvalue weighted by atomic mass is 35.5. The summed E-state index contributed by atoms with van der Waals surface area (Å²) in [6, 6.07) is 2.70. The molecule has 1 amide bonds. The molecule has 3 N–H and O–H groups in total. The fourth-order valence-electron chi connectivity index (χ4n) is 5.37. The molecule has 1 aliphatic carbocycles.